The predicted molar refractivity (Wildman–Crippen MR) is 466 cm³/mol. The Morgan fingerprint density at radius 2 is 0.879 bits per heavy atom. The Hall–Kier alpha value is -1.26. The largest absolute Gasteiger partial charge is 1.00 e. The molecule has 4 atom stereocenters. The number of amides is 3. The van der Waals surface area contributed by atoms with Crippen LogP contribution in [0, 0.1) is 13.8 Å². The first-order chi connectivity index (χ1) is 51.1. The van der Waals surface area contributed by atoms with Gasteiger partial charge in [-0.15, -0.1) is 97.8 Å². The standard InChI is InChI=1S/C27H37N2.2C14H8N2O2S2.2C5H9N2.C4H9O.2C3H7.ClH.5Cu.2HI.Na.2H4P2/c1-18(2)22-11-9-12-23(19(3)4)26(22)28-15-16-29(17-28)27-24(20(5)6)13-10-14-25(27)21(7)8;2*17-13-9-10(12(16-13)8-4-2-6-20-8)14(18)15-11(9)7-3-1-5-19-7;2*1-6-3-4-7(2)5-6;1-4(2,3)5;2*1-3-2;;;;;;;;;;2*1-2/h9-21H,1-8H3;1-6H,(H2,15,16,17,18);1-6,15,18H;2*3-5H,1-2H3;1-3H3;2*1,3H2,2H3;1H;;;;;;2*1H;;2*1-2H2/q+1;;;2*+1;3*-1;;;;+1;2*+2;;;+1;;/p-5/i;;;;;;;;;;;;;;;;;2*1TD. The fourth-order valence-corrected chi connectivity index (χ4v) is 12.9. The number of halogens is 3. The number of thiophene rings is 4. The van der Waals surface area contributed by atoms with Crippen molar-refractivity contribution in [2.24, 2.45) is 33.2 Å². The summed E-state index contributed by atoms with van der Waals surface area (Å²) in [7, 11) is 13.9. The number of rotatable bonds is 10. The molecule has 3 amide bonds. The van der Waals surface area contributed by atoms with E-state index in [1.807, 2.05) is 168 Å². The number of aliphatic imine (C=N–C) groups is 1. The second-order valence-electron chi connectivity index (χ2n) is 24.6. The van der Waals surface area contributed by atoms with E-state index in [0.717, 1.165) is 32.4 Å². The van der Waals surface area contributed by atoms with Gasteiger partial charge in [0.1, 0.15) is 23.8 Å². The Morgan fingerprint density at radius 1 is 0.598 bits per heavy atom. The zero-order valence-electron chi connectivity index (χ0n) is 67.2. The van der Waals surface area contributed by atoms with E-state index in [9.17, 15) is 24.6 Å². The summed E-state index contributed by atoms with van der Waals surface area (Å²) in [5.41, 5.74) is 11.3. The molecule has 0 fully saturated rings. The topological polar surface area (TPSA) is 180 Å². The van der Waals surface area contributed by atoms with Crippen LogP contribution in [-0.2, 0) is 113 Å². The molecule has 600 valence electrons. The van der Waals surface area contributed by atoms with E-state index in [0.29, 0.717) is 68.7 Å². The van der Waals surface area contributed by atoms with E-state index in [1.54, 1.807) is 61.5 Å². The predicted octanol–water partition coefficient (Wildman–Crippen LogP) is 20.0. The van der Waals surface area contributed by atoms with Crippen LogP contribution in [0.25, 0.3) is 44.0 Å². The van der Waals surface area contributed by atoms with Crippen LogP contribution >= 0.6 is 132 Å². The van der Waals surface area contributed by atoms with Gasteiger partial charge in [-0.1, -0.05) is 126 Å². The minimum absolute atomic E-state index is 0. The van der Waals surface area contributed by atoms with Gasteiger partial charge in [0, 0.05) is 94.3 Å². The van der Waals surface area contributed by atoms with Gasteiger partial charge < -0.3 is 49.3 Å². The van der Waals surface area contributed by atoms with Crippen molar-refractivity contribution in [3.05, 3.63) is 246 Å². The summed E-state index contributed by atoms with van der Waals surface area (Å²) >= 11 is 21.3. The molecule has 0 bridgehead atoms. The molecule has 3 aliphatic rings. The number of hydrogen-bond acceptors (Lipinski definition) is 9. The molecule has 32 heteroatoms. The van der Waals surface area contributed by atoms with Crippen molar-refractivity contribution in [3.63, 3.8) is 0 Å². The number of aromatic hydroxyl groups is 1. The maximum absolute atomic E-state index is 12.2. The number of nitrogens with zero attached hydrogens (tertiary/aromatic N) is 9. The summed E-state index contributed by atoms with van der Waals surface area (Å²) in [6.45, 7) is 34.2. The summed E-state index contributed by atoms with van der Waals surface area (Å²) < 4.78 is 37.8. The smallest absolute Gasteiger partial charge is 0 e. The zero-order chi connectivity index (χ0) is 82.3. The summed E-state index contributed by atoms with van der Waals surface area (Å²) in [6, 6.07) is 28.6. The zero-order valence-corrected chi connectivity index (χ0v) is 82.3. The van der Waals surface area contributed by atoms with Crippen LogP contribution in [-0.4, -0.2) is 71.6 Å². The van der Waals surface area contributed by atoms with Crippen LogP contribution in [0.4, 0.5) is 0 Å². The molecule has 11 heterocycles. The van der Waals surface area contributed by atoms with Gasteiger partial charge in [-0.3, -0.25) is 4.79 Å². The van der Waals surface area contributed by atoms with E-state index in [-0.39, 0.29) is 87.3 Å². The molecule has 4 unspecified atom stereocenters. The molecular weight excluding hydrogens is 2000 g/mol. The first kappa shape index (κ1) is 102. The molecule has 0 spiro atoms. The number of imidazole rings is 3. The van der Waals surface area contributed by atoms with Gasteiger partial charge in [-0.05, 0) is 105 Å². The van der Waals surface area contributed by atoms with Crippen molar-refractivity contribution in [2.45, 2.75) is 132 Å². The number of carbonyl (C=O) groups is 3. The summed E-state index contributed by atoms with van der Waals surface area (Å²) in [5.74, 6) is 0.873. The van der Waals surface area contributed by atoms with Crippen LogP contribution in [0.5, 0.6) is 5.88 Å². The van der Waals surface area contributed by atoms with E-state index in [2.05, 4.69) is 223 Å². The van der Waals surface area contributed by atoms with Gasteiger partial charge in [0.05, 0.1) is 49.2 Å². The van der Waals surface area contributed by atoms with Crippen molar-refractivity contribution >= 4 is 166 Å². The second kappa shape index (κ2) is 59.4. The van der Waals surface area contributed by atoms with Crippen LogP contribution in [0.1, 0.15) is 179 Å². The number of para-hydroxylation sites is 2. The Morgan fingerprint density at radius 3 is 1.13 bits per heavy atom. The summed E-state index contributed by atoms with van der Waals surface area (Å²) in [4.78, 5) is 46.9. The first-order valence-corrected chi connectivity index (χ1v) is 47.4. The second-order valence-corrected chi connectivity index (χ2v) is 28.4. The molecule has 8 aromatic heterocycles. The van der Waals surface area contributed by atoms with E-state index in [4.69, 9.17) is 5.11 Å². The van der Waals surface area contributed by atoms with Gasteiger partial charge in [0.15, 0.2) is 49.6 Å². The molecule has 2 N–H and O–H groups in total. The minimum Gasteiger partial charge on any atom is 0 e. The third-order valence-corrected chi connectivity index (χ3v) is 17.4. The number of benzene rings is 2. The Balaban J connectivity index is -0.00000127. The molecular formula is C75H100ClCu5I2N10NaO5P4S4+. The number of H-pyrrole nitrogens is 1. The summed E-state index contributed by atoms with van der Waals surface area (Å²) in [6.07, 6.45) is 20.7. The molecule has 2 aromatic carbocycles. The van der Waals surface area contributed by atoms with Gasteiger partial charge in [-0.2, -0.15) is 12.8 Å². The average molecular weight is 2110 g/mol. The number of aromatic amines is 1. The number of hydrogen-bond donors (Lipinski definition) is 2. The number of aromatic nitrogens is 7. The minimum atomic E-state index is -1.20. The Labute approximate surface area is 762 Å². The maximum Gasteiger partial charge on any atom is 1.00 e. The number of nitrogens with one attached hydrogen (secondary N) is 1. The van der Waals surface area contributed by atoms with Gasteiger partial charge in [0.2, 0.25) is 0 Å². The summed E-state index contributed by atoms with van der Waals surface area (Å²) in [5, 5.41) is 36.0. The average Bonchev–Trinajstić information content (AvgIpc) is 1.60. The molecule has 0 saturated carbocycles. The molecule has 107 heavy (non-hydrogen) atoms. The molecule has 13 rings (SSSR count). The quantitative estimate of drug-likeness (QED) is 0.0597. The van der Waals surface area contributed by atoms with Crippen molar-refractivity contribution in [3.8, 4) is 27.8 Å². The fraction of sp³-hybridized carbons (Fsp3) is 0.320. The molecule has 10 aromatic rings. The van der Waals surface area contributed by atoms with Crippen LogP contribution in [0.15, 0.2) is 179 Å². The third kappa shape index (κ3) is 35.0. The van der Waals surface area contributed by atoms with Crippen molar-refractivity contribution in [1.82, 2.24) is 32.4 Å². The van der Waals surface area contributed by atoms with E-state index < -0.39 is 23.2 Å². The maximum atomic E-state index is 12.2. The Bertz CT molecular complexity index is 4070. The monoisotopic (exact) mass is 2110 g/mol. The third-order valence-electron chi connectivity index (χ3n) is 13.9. The van der Waals surface area contributed by atoms with Crippen molar-refractivity contribution in [1.29, 1.82) is 5.11 Å². The van der Waals surface area contributed by atoms with Crippen LogP contribution in [0.3, 0.4) is 0 Å². The van der Waals surface area contributed by atoms with Crippen molar-refractivity contribution < 1.29 is 129 Å². The Kier molecular flexibility index (Phi) is 56.5. The van der Waals surface area contributed by atoms with Crippen LogP contribution < -0.4 is 34.7 Å². The molecule has 2 radical (unpaired) electrons. The molecule has 0 saturated heterocycles. The SMILES string of the molecule is CC(C)(C)[O-].CC(C)c1cccc(C(C)C)c1-n1ccn(-c2c(C(C)C)cccc2C(C)C)[cH+]1.Cn1ccn(C)[cH+]1.Cn1ccn(C)[cH+]1.O=C1N=C(c2cccs2)c2c(O)[nH]c(-c3cccs3)c21.O=C1[N-]C(c2cccs2)=C2C(=O)[N-]C(c3cccs3)=C12.[2H]P([3H])P.[2H]P([3H])P.[CH2-]CC.[CH2-]CC.[Cl][Cu].[Cu+][I].[Cu+][I].[Cu].[Cu].[Na+]. The number of carbonyl (C=O) groups excluding carboxylic acids is 3. The van der Waals surface area contributed by atoms with Gasteiger partial charge in [-0.25, -0.2) is 32.4 Å². The fourth-order valence-electron chi connectivity index (χ4n) is 9.99. The van der Waals surface area contributed by atoms with E-state index in [1.165, 1.54) is 79.0 Å². The molecule has 15 nitrogen and oxygen atoms in total. The van der Waals surface area contributed by atoms with E-state index >= 15 is 0 Å². The van der Waals surface area contributed by atoms with Crippen LogP contribution in [0.2, 0.25) is 0 Å². The van der Waals surface area contributed by atoms with Crippen molar-refractivity contribution in [2.75, 3.05) is 0 Å². The number of fused-ring (bicyclic) bond motifs is 2. The first-order valence-electron chi connectivity index (χ1n) is 34.1. The van der Waals surface area contributed by atoms with Gasteiger partial charge >= 0.3 is 121 Å². The molecule has 0 aliphatic carbocycles. The molecule has 3 aliphatic heterocycles. The number of aryl methyl sites for hydroxylation is 4. The van der Waals surface area contributed by atoms with Gasteiger partial charge in [0.25, 0.3) is 5.91 Å². The normalized spacial score (nSPS) is 12.6.